The van der Waals surface area contributed by atoms with Crippen molar-refractivity contribution in [2.75, 3.05) is 6.61 Å². The fourth-order valence-electron chi connectivity index (χ4n) is 4.11. The number of imidazole rings is 1. The fourth-order valence-corrected chi connectivity index (χ4v) is 4.11. The number of esters is 3. The summed E-state index contributed by atoms with van der Waals surface area (Å²) < 4.78 is 22.9. The Morgan fingerprint density at radius 1 is 0.974 bits per heavy atom. The van der Waals surface area contributed by atoms with E-state index < -0.39 is 58.2 Å². The van der Waals surface area contributed by atoms with Gasteiger partial charge in [0.1, 0.15) is 19.0 Å². The molecular weight excluding hydrogens is 524 g/mol. The van der Waals surface area contributed by atoms with Gasteiger partial charge in [0.05, 0.1) is 10.5 Å². The molecule has 1 aliphatic rings. The van der Waals surface area contributed by atoms with Crippen molar-refractivity contribution in [2.24, 2.45) is 0 Å². The summed E-state index contributed by atoms with van der Waals surface area (Å²) in [5.74, 6) is -3.07. The Hall–Kier alpha value is -5.06. The van der Waals surface area contributed by atoms with E-state index in [1.54, 1.807) is 0 Å². The number of hydrogen-bond donors (Lipinski definition) is 0. The number of carbonyl (C=O) groups is 3. The van der Waals surface area contributed by atoms with E-state index >= 15 is 0 Å². The van der Waals surface area contributed by atoms with Gasteiger partial charge in [0.25, 0.3) is 5.69 Å². The minimum atomic E-state index is -1.33. The first kappa shape index (κ1) is 27.0. The molecule has 39 heavy (non-hydrogen) atoms. The third-order valence-corrected chi connectivity index (χ3v) is 5.54. The SMILES string of the molecule is CC(=O)OCC1OC(n2cnc3c(-c4ccccc4[N+](=O)[O-])nc([N+](=O)[O-])nc32)C(OC(C)=O)C1OC(C)=O. The molecule has 0 amide bonds. The zero-order chi connectivity index (χ0) is 28.4. The average Bonchev–Trinajstić information content (AvgIpc) is 3.42. The van der Waals surface area contributed by atoms with Crippen LogP contribution in [0.2, 0.25) is 0 Å². The minimum Gasteiger partial charge on any atom is -0.463 e. The number of nitrogens with zero attached hydrogens (tertiary/aromatic N) is 6. The predicted molar refractivity (Wildman–Crippen MR) is 126 cm³/mol. The van der Waals surface area contributed by atoms with Gasteiger partial charge >= 0.3 is 23.9 Å². The molecule has 1 aromatic carbocycles. The quantitative estimate of drug-likeness (QED) is 0.170. The highest BCUT2D eigenvalue weighted by molar-refractivity contribution is 5.91. The second-order valence-electron chi connectivity index (χ2n) is 8.24. The molecule has 4 unspecified atom stereocenters. The monoisotopic (exact) mass is 544 g/mol. The van der Waals surface area contributed by atoms with Crippen molar-refractivity contribution in [1.29, 1.82) is 0 Å². The highest BCUT2D eigenvalue weighted by Crippen LogP contribution is 2.38. The topological polar surface area (TPSA) is 218 Å². The van der Waals surface area contributed by atoms with Crippen molar-refractivity contribution in [3.63, 3.8) is 0 Å². The minimum absolute atomic E-state index is 0.0577. The number of nitro groups is 2. The normalized spacial score (nSPS) is 20.4. The number of para-hydroxylation sites is 1. The lowest BCUT2D eigenvalue weighted by atomic mass is 10.1. The lowest BCUT2D eigenvalue weighted by Crippen LogP contribution is -2.40. The van der Waals surface area contributed by atoms with Gasteiger partial charge in [-0.25, -0.2) is 4.98 Å². The molecule has 0 saturated carbocycles. The van der Waals surface area contributed by atoms with Gasteiger partial charge in [-0.3, -0.25) is 29.1 Å². The van der Waals surface area contributed by atoms with Crippen LogP contribution in [0.15, 0.2) is 30.6 Å². The Morgan fingerprint density at radius 2 is 1.64 bits per heavy atom. The van der Waals surface area contributed by atoms with Gasteiger partial charge in [-0.05, 0) is 16.0 Å². The highest BCUT2D eigenvalue weighted by Gasteiger charge is 2.51. The summed E-state index contributed by atoms with van der Waals surface area (Å²) in [4.78, 5) is 69.0. The molecule has 0 spiro atoms. The Balaban J connectivity index is 1.90. The van der Waals surface area contributed by atoms with Crippen LogP contribution in [0.4, 0.5) is 11.6 Å². The number of aromatic nitrogens is 4. The maximum absolute atomic E-state index is 12.0. The first-order chi connectivity index (χ1) is 18.5. The summed E-state index contributed by atoms with van der Waals surface area (Å²) in [6, 6.07) is 5.45. The molecule has 2 aromatic heterocycles. The van der Waals surface area contributed by atoms with E-state index in [1.165, 1.54) is 28.8 Å². The zero-order valence-corrected chi connectivity index (χ0v) is 20.6. The van der Waals surface area contributed by atoms with E-state index in [9.17, 15) is 34.6 Å². The molecule has 0 radical (unpaired) electrons. The van der Waals surface area contributed by atoms with Crippen LogP contribution in [0.25, 0.3) is 22.4 Å². The van der Waals surface area contributed by atoms with Crippen LogP contribution in [0.1, 0.15) is 27.0 Å². The van der Waals surface area contributed by atoms with Crippen molar-refractivity contribution in [3.8, 4) is 11.3 Å². The number of nitro benzene ring substituents is 1. The average molecular weight is 544 g/mol. The predicted octanol–water partition coefficient (Wildman–Crippen LogP) is 1.63. The summed E-state index contributed by atoms with van der Waals surface area (Å²) in [5, 5.41) is 23.3. The number of rotatable bonds is 8. The van der Waals surface area contributed by atoms with Crippen molar-refractivity contribution in [1.82, 2.24) is 19.5 Å². The lowest BCUT2D eigenvalue weighted by molar-refractivity contribution is -0.394. The molecule has 17 heteroatoms. The van der Waals surface area contributed by atoms with Gasteiger partial charge in [0.15, 0.2) is 29.6 Å². The Morgan fingerprint density at radius 3 is 2.26 bits per heavy atom. The van der Waals surface area contributed by atoms with Gasteiger partial charge in [0, 0.05) is 26.8 Å². The largest absolute Gasteiger partial charge is 0.471 e. The van der Waals surface area contributed by atoms with Crippen LogP contribution in [0.3, 0.4) is 0 Å². The third kappa shape index (κ3) is 5.47. The van der Waals surface area contributed by atoms with Crippen molar-refractivity contribution < 1.29 is 43.2 Å². The first-order valence-corrected chi connectivity index (χ1v) is 11.2. The van der Waals surface area contributed by atoms with Crippen LogP contribution in [0.5, 0.6) is 0 Å². The lowest BCUT2D eigenvalue weighted by Gasteiger charge is -2.23. The molecule has 0 bridgehead atoms. The van der Waals surface area contributed by atoms with E-state index in [-0.39, 0.29) is 34.7 Å². The fraction of sp³-hybridized carbons (Fsp3) is 0.364. The Kier molecular flexibility index (Phi) is 7.43. The van der Waals surface area contributed by atoms with Gasteiger partial charge < -0.3 is 29.1 Å². The molecule has 4 atom stereocenters. The second kappa shape index (κ2) is 10.7. The smallest absolute Gasteiger partial charge is 0.463 e. The Bertz CT molecular complexity index is 1490. The van der Waals surface area contributed by atoms with Crippen LogP contribution >= 0.6 is 0 Å². The summed E-state index contributed by atoms with van der Waals surface area (Å²) in [6.07, 6.45) is -3.86. The van der Waals surface area contributed by atoms with Crippen LogP contribution in [-0.2, 0) is 33.3 Å². The molecule has 1 saturated heterocycles. The van der Waals surface area contributed by atoms with E-state index in [0.29, 0.717) is 0 Å². The molecule has 4 rings (SSSR count). The molecule has 0 aliphatic carbocycles. The number of hydrogen-bond acceptors (Lipinski definition) is 14. The maximum atomic E-state index is 12.0. The van der Waals surface area contributed by atoms with Gasteiger partial charge in [-0.2, -0.15) is 0 Å². The molecule has 1 aliphatic heterocycles. The number of ether oxygens (including phenoxy) is 4. The van der Waals surface area contributed by atoms with Crippen molar-refractivity contribution in [2.45, 2.75) is 45.3 Å². The first-order valence-electron chi connectivity index (χ1n) is 11.2. The van der Waals surface area contributed by atoms with E-state index in [1.807, 2.05) is 0 Å². The number of carbonyl (C=O) groups excluding carboxylic acids is 3. The molecule has 204 valence electrons. The van der Waals surface area contributed by atoms with E-state index in [0.717, 1.165) is 27.1 Å². The summed E-state index contributed by atoms with van der Waals surface area (Å²) in [6.45, 7) is 2.99. The molecule has 1 fully saturated rings. The van der Waals surface area contributed by atoms with Crippen LogP contribution < -0.4 is 0 Å². The van der Waals surface area contributed by atoms with Crippen molar-refractivity contribution in [3.05, 3.63) is 50.8 Å². The maximum Gasteiger partial charge on any atom is 0.471 e. The Labute approximate surface area is 218 Å². The molecule has 3 heterocycles. The number of benzene rings is 1. The number of fused-ring (bicyclic) bond motifs is 1. The molecule has 17 nitrogen and oxygen atoms in total. The van der Waals surface area contributed by atoms with Gasteiger partial charge in [-0.1, -0.05) is 17.1 Å². The molecule has 3 aromatic rings. The second-order valence-corrected chi connectivity index (χ2v) is 8.24. The zero-order valence-electron chi connectivity index (χ0n) is 20.6. The summed E-state index contributed by atoms with van der Waals surface area (Å²) in [7, 11) is 0. The van der Waals surface area contributed by atoms with E-state index in [4.69, 9.17) is 18.9 Å². The van der Waals surface area contributed by atoms with Crippen LogP contribution in [0, 0.1) is 20.2 Å². The van der Waals surface area contributed by atoms with Crippen molar-refractivity contribution >= 4 is 40.7 Å². The summed E-state index contributed by atoms with van der Waals surface area (Å²) in [5.41, 5.74) is -0.896. The van der Waals surface area contributed by atoms with E-state index in [2.05, 4.69) is 15.0 Å². The van der Waals surface area contributed by atoms with Gasteiger partial charge in [0.2, 0.25) is 5.65 Å². The van der Waals surface area contributed by atoms with Crippen LogP contribution in [-0.4, -0.2) is 72.2 Å². The summed E-state index contributed by atoms with van der Waals surface area (Å²) >= 11 is 0. The molecule has 0 N–H and O–H groups in total. The standard InChI is InChI=1S/C22H20N6O11/c1-10(29)36-8-15-18(37-11(2)30)19(38-12(3)31)21(39-15)26-9-23-17-16(24-22(28(34)35)25-20(17)26)13-6-4-5-7-14(13)27(32)33/h4-7,9,15,18-19,21H,8H2,1-3H3. The van der Waals surface area contributed by atoms with Gasteiger partial charge in [-0.15, -0.1) is 0 Å². The molecular formula is C22H20N6O11. The highest BCUT2D eigenvalue weighted by atomic mass is 16.7. The third-order valence-electron chi connectivity index (χ3n) is 5.54.